The summed E-state index contributed by atoms with van der Waals surface area (Å²) in [5, 5.41) is 4.77. The topological polar surface area (TPSA) is 63.3 Å². The summed E-state index contributed by atoms with van der Waals surface area (Å²) in [7, 11) is 1.77. The maximum Gasteiger partial charge on any atom is 0.188 e. The molecule has 1 heterocycles. The highest BCUT2D eigenvalue weighted by Crippen LogP contribution is 2.10. The van der Waals surface area contributed by atoms with Crippen molar-refractivity contribution in [2.45, 2.75) is 5.75 Å². The van der Waals surface area contributed by atoms with E-state index in [1.165, 1.54) is 11.5 Å². The number of nitrogens with one attached hydrogen (secondary N) is 1. The van der Waals surface area contributed by atoms with Crippen LogP contribution in [0.5, 0.6) is 0 Å². The second-order valence-electron chi connectivity index (χ2n) is 2.56. The first kappa shape index (κ1) is 11.3. The summed E-state index contributed by atoms with van der Waals surface area (Å²) < 4.78 is 4.21. The molecule has 0 aliphatic carbocycles. The number of aromatic nitrogens is 1. The van der Waals surface area contributed by atoms with Gasteiger partial charge in [0, 0.05) is 23.9 Å². The molecule has 4 nitrogen and oxygen atoms in total. The molecule has 3 N–H and O–H groups in total. The largest absolute Gasteiger partial charge is 0.370 e. The van der Waals surface area contributed by atoms with E-state index in [9.17, 15) is 0 Å². The highest BCUT2D eigenvalue weighted by atomic mass is 32.2. The summed E-state index contributed by atoms with van der Waals surface area (Å²) in [4.78, 5) is 4.11. The van der Waals surface area contributed by atoms with Crippen molar-refractivity contribution in [3.63, 3.8) is 0 Å². The van der Waals surface area contributed by atoms with Gasteiger partial charge in [0.1, 0.15) is 0 Å². The molecule has 0 radical (unpaired) electrons. The van der Waals surface area contributed by atoms with Gasteiger partial charge in [0.15, 0.2) is 5.96 Å². The fourth-order valence-electron chi connectivity index (χ4n) is 0.798. The predicted octanol–water partition coefficient (Wildman–Crippen LogP) is 0.910. The highest BCUT2D eigenvalue weighted by Gasteiger charge is 1.94. The second kappa shape index (κ2) is 6.67. The van der Waals surface area contributed by atoms with E-state index in [1.807, 2.05) is 23.2 Å². The fourth-order valence-corrected chi connectivity index (χ4v) is 2.15. The van der Waals surface area contributed by atoms with Crippen molar-refractivity contribution in [2.24, 2.45) is 10.7 Å². The molecule has 0 unspecified atom stereocenters. The Balaban J connectivity index is 2.05. The molecule has 78 valence electrons. The Morgan fingerprint density at radius 2 is 2.64 bits per heavy atom. The quantitative estimate of drug-likeness (QED) is 0.448. The maximum absolute atomic E-state index is 5.47. The van der Waals surface area contributed by atoms with Crippen LogP contribution in [0.3, 0.4) is 0 Å². The molecule has 0 fully saturated rings. The number of guanidine groups is 1. The van der Waals surface area contributed by atoms with E-state index >= 15 is 0 Å². The molecule has 6 heteroatoms. The lowest BCUT2D eigenvalue weighted by atomic mass is 10.5. The first-order chi connectivity index (χ1) is 6.83. The normalized spacial score (nSPS) is 11.6. The minimum Gasteiger partial charge on any atom is -0.370 e. The molecule has 0 amide bonds. The minimum atomic E-state index is 0.499. The van der Waals surface area contributed by atoms with E-state index in [1.54, 1.807) is 7.05 Å². The van der Waals surface area contributed by atoms with E-state index in [2.05, 4.69) is 14.7 Å². The molecule has 0 saturated carbocycles. The lowest BCUT2D eigenvalue weighted by Gasteiger charge is -1.98. The van der Waals surface area contributed by atoms with Crippen LogP contribution in [0.15, 0.2) is 16.4 Å². The Bertz CT molecular complexity index is 271. The molecule has 1 aromatic heterocycles. The first-order valence-electron chi connectivity index (χ1n) is 4.27. The van der Waals surface area contributed by atoms with Crippen LogP contribution in [0.4, 0.5) is 0 Å². The first-order valence-corrected chi connectivity index (χ1v) is 6.26. The molecule has 0 saturated heterocycles. The average Bonchev–Trinajstić information content (AvgIpc) is 2.69. The molecular formula is C8H14N4S2. The fraction of sp³-hybridized carbons (Fsp3) is 0.500. The summed E-state index contributed by atoms with van der Waals surface area (Å²) in [6, 6.07) is 2.04. The van der Waals surface area contributed by atoms with Crippen molar-refractivity contribution in [1.29, 1.82) is 0 Å². The van der Waals surface area contributed by atoms with Crippen LogP contribution in [-0.4, -0.2) is 29.7 Å². The lowest BCUT2D eigenvalue weighted by Crippen LogP contribution is -2.28. The summed E-state index contributed by atoms with van der Waals surface area (Å²) in [5.74, 6) is 2.43. The Kier molecular flexibility index (Phi) is 5.39. The Morgan fingerprint density at radius 1 is 1.79 bits per heavy atom. The van der Waals surface area contributed by atoms with Crippen LogP contribution in [0.2, 0.25) is 0 Å². The molecule has 0 atom stereocenters. The zero-order valence-electron chi connectivity index (χ0n) is 8.06. The second-order valence-corrected chi connectivity index (χ2v) is 4.33. The third-order valence-electron chi connectivity index (χ3n) is 1.52. The zero-order valence-corrected chi connectivity index (χ0v) is 9.70. The molecule has 0 aromatic carbocycles. The molecule has 1 rings (SSSR count). The van der Waals surface area contributed by atoms with Crippen molar-refractivity contribution in [3.8, 4) is 0 Å². The minimum absolute atomic E-state index is 0.499. The molecule has 0 spiro atoms. The monoisotopic (exact) mass is 230 g/mol. The lowest BCUT2D eigenvalue weighted by molar-refractivity contribution is 1.06. The van der Waals surface area contributed by atoms with Crippen LogP contribution >= 0.6 is 23.3 Å². The number of nitrogens with zero attached hydrogens (tertiary/aromatic N) is 2. The number of thioether (sulfide) groups is 1. The van der Waals surface area contributed by atoms with E-state index in [0.29, 0.717) is 5.96 Å². The van der Waals surface area contributed by atoms with Gasteiger partial charge in [-0.15, -0.1) is 0 Å². The predicted molar refractivity (Wildman–Crippen MR) is 63.8 cm³/mol. The van der Waals surface area contributed by atoms with Gasteiger partial charge in [0.05, 0.1) is 12.2 Å². The van der Waals surface area contributed by atoms with Crippen molar-refractivity contribution in [3.05, 3.63) is 17.1 Å². The number of hydrogen-bond acceptors (Lipinski definition) is 4. The van der Waals surface area contributed by atoms with Crippen molar-refractivity contribution < 1.29 is 0 Å². The zero-order chi connectivity index (χ0) is 10.2. The van der Waals surface area contributed by atoms with Crippen LogP contribution in [0.25, 0.3) is 0 Å². The molecule has 0 bridgehead atoms. The van der Waals surface area contributed by atoms with Gasteiger partial charge in [0.25, 0.3) is 0 Å². The number of aliphatic imine (C=N–C) groups is 1. The van der Waals surface area contributed by atoms with Gasteiger partial charge in [-0.1, -0.05) is 0 Å². The molecule has 0 aliphatic rings. The van der Waals surface area contributed by atoms with E-state index in [-0.39, 0.29) is 0 Å². The van der Waals surface area contributed by atoms with Gasteiger partial charge in [-0.2, -0.15) is 16.1 Å². The molecular weight excluding hydrogens is 216 g/mol. The smallest absolute Gasteiger partial charge is 0.188 e. The van der Waals surface area contributed by atoms with Crippen molar-refractivity contribution >= 4 is 29.3 Å². The maximum atomic E-state index is 5.47. The Hall–Kier alpha value is -0.750. The Morgan fingerprint density at radius 3 is 3.29 bits per heavy atom. The summed E-state index contributed by atoms with van der Waals surface area (Å²) >= 11 is 3.31. The van der Waals surface area contributed by atoms with Gasteiger partial charge in [-0.05, 0) is 17.6 Å². The molecule has 14 heavy (non-hydrogen) atoms. The third-order valence-corrected chi connectivity index (χ3v) is 3.08. The average molecular weight is 230 g/mol. The standard InChI is InChI=1S/C8H14N4S2/c1-10-8(9)11-3-5-13-6-7-2-4-14-12-7/h2,4H,3,5-6H2,1H3,(H3,9,10,11). The highest BCUT2D eigenvalue weighted by molar-refractivity contribution is 7.98. The van der Waals surface area contributed by atoms with Gasteiger partial charge in [-0.25, -0.2) is 0 Å². The van der Waals surface area contributed by atoms with E-state index < -0.39 is 0 Å². The van der Waals surface area contributed by atoms with E-state index in [4.69, 9.17) is 5.73 Å². The van der Waals surface area contributed by atoms with Gasteiger partial charge in [0.2, 0.25) is 0 Å². The van der Waals surface area contributed by atoms with Crippen molar-refractivity contribution in [1.82, 2.24) is 9.69 Å². The number of nitrogens with two attached hydrogens (primary N) is 1. The Labute approximate surface area is 92.2 Å². The molecule has 1 aromatic rings. The number of hydrogen-bond donors (Lipinski definition) is 2. The molecule has 0 aliphatic heterocycles. The van der Waals surface area contributed by atoms with Crippen molar-refractivity contribution in [2.75, 3.05) is 19.3 Å². The summed E-state index contributed by atoms with van der Waals surface area (Å²) in [6.07, 6.45) is 0. The van der Waals surface area contributed by atoms with E-state index in [0.717, 1.165) is 23.7 Å². The van der Waals surface area contributed by atoms with Gasteiger partial charge >= 0.3 is 0 Å². The van der Waals surface area contributed by atoms with Crippen LogP contribution in [-0.2, 0) is 5.75 Å². The van der Waals surface area contributed by atoms with Crippen LogP contribution in [0, 0.1) is 0 Å². The van der Waals surface area contributed by atoms with Crippen LogP contribution < -0.4 is 11.1 Å². The van der Waals surface area contributed by atoms with Gasteiger partial charge in [-0.3, -0.25) is 4.99 Å². The van der Waals surface area contributed by atoms with Gasteiger partial charge < -0.3 is 11.1 Å². The summed E-state index contributed by atoms with van der Waals surface area (Å²) in [5.41, 5.74) is 6.61. The SMILES string of the molecule is CN/C(N)=N\CCSCc1ccsn1. The van der Waals surface area contributed by atoms with Crippen LogP contribution in [0.1, 0.15) is 5.69 Å². The third kappa shape index (κ3) is 4.48. The summed E-state index contributed by atoms with van der Waals surface area (Å²) in [6.45, 7) is 0.751. The number of rotatable bonds is 5.